The molecule has 0 aliphatic carbocycles. The molecule has 0 fully saturated rings. The number of nitrogens with one attached hydrogen (secondary N) is 2. The first-order valence-electron chi connectivity index (χ1n) is 9.11. The second-order valence-corrected chi connectivity index (χ2v) is 6.40. The number of benzene rings is 2. The summed E-state index contributed by atoms with van der Waals surface area (Å²) in [6, 6.07) is 18.1. The normalized spacial score (nSPS) is 12.5. The van der Waals surface area contributed by atoms with Crippen LogP contribution in [-0.2, 0) is 6.54 Å². The largest absolute Gasteiger partial charge is 0.388 e. The Balaban J connectivity index is 1.86. The molecule has 5 nitrogen and oxygen atoms in total. The number of rotatable bonds is 8. The molecule has 26 heavy (non-hydrogen) atoms. The molecule has 2 aromatic rings. The number of aliphatic imine (C=N–C) groups is 1. The highest BCUT2D eigenvalue weighted by Crippen LogP contribution is 2.15. The van der Waals surface area contributed by atoms with E-state index in [-0.39, 0.29) is 0 Å². The third kappa shape index (κ3) is 6.41. The quantitative estimate of drug-likeness (QED) is 0.504. The van der Waals surface area contributed by atoms with Crippen molar-refractivity contribution in [3.63, 3.8) is 0 Å². The Bertz CT molecular complexity index is 668. The first-order chi connectivity index (χ1) is 12.6. The zero-order valence-corrected chi connectivity index (χ0v) is 15.9. The predicted octanol–water partition coefficient (Wildman–Crippen LogP) is 2.93. The van der Waals surface area contributed by atoms with Crippen LogP contribution in [0.25, 0.3) is 0 Å². The maximum Gasteiger partial charge on any atom is 0.191 e. The first-order valence-corrected chi connectivity index (χ1v) is 9.11. The lowest BCUT2D eigenvalue weighted by Gasteiger charge is -2.15. The fourth-order valence-corrected chi connectivity index (χ4v) is 2.58. The van der Waals surface area contributed by atoms with Crippen LogP contribution in [0.5, 0.6) is 0 Å². The molecule has 0 aromatic heterocycles. The third-order valence-corrected chi connectivity index (χ3v) is 4.11. The van der Waals surface area contributed by atoms with Crippen LogP contribution in [0.1, 0.15) is 30.6 Å². The number of nitrogens with zero attached hydrogens (tertiary/aromatic N) is 2. The molecule has 0 bridgehead atoms. The molecule has 1 atom stereocenters. The highest BCUT2D eigenvalue weighted by molar-refractivity contribution is 5.79. The van der Waals surface area contributed by atoms with Crippen LogP contribution >= 0.6 is 0 Å². The maximum absolute atomic E-state index is 10.2. The zero-order valence-electron chi connectivity index (χ0n) is 15.9. The molecule has 1 unspecified atom stereocenters. The minimum atomic E-state index is -0.467. The number of anilines is 1. The number of hydrogen-bond acceptors (Lipinski definition) is 3. The van der Waals surface area contributed by atoms with E-state index in [0.717, 1.165) is 23.6 Å². The van der Waals surface area contributed by atoms with Crippen LogP contribution in [0.2, 0.25) is 0 Å². The predicted molar refractivity (Wildman–Crippen MR) is 110 cm³/mol. The van der Waals surface area contributed by atoms with E-state index in [0.29, 0.717) is 19.5 Å². The van der Waals surface area contributed by atoms with Crippen LogP contribution in [-0.4, -0.2) is 38.3 Å². The van der Waals surface area contributed by atoms with Gasteiger partial charge in [0.25, 0.3) is 0 Å². The van der Waals surface area contributed by atoms with Crippen LogP contribution in [0, 0.1) is 0 Å². The summed E-state index contributed by atoms with van der Waals surface area (Å²) in [7, 11) is 4.06. The van der Waals surface area contributed by atoms with Crippen LogP contribution in [0.4, 0.5) is 5.69 Å². The van der Waals surface area contributed by atoms with Crippen molar-refractivity contribution in [3.8, 4) is 0 Å². The molecule has 140 valence electrons. The maximum atomic E-state index is 10.2. The molecule has 2 rings (SSSR count). The van der Waals surface area contributed by atoms with Gasteiger partial charge in [-0.05, 0) is 36.6 Å². The van der Waals surface area contributed by atoms with E-state index in [1.54, 1.807) is 0 Å². The minimum absolute atomic E-state index is 0.467. The van der Waals surface area contributed by atoms with Gasteiger partial charge in [0.05, 0.1) is 12.6 Å². The van der Waals surface area contributed by atoms with Gasteiger partial charge in [-0.2, -0.15) is 0 Å². The fraction of sp³-hybridized carbons (Fsp3) is 0.381. The molecular weight excluding hydrogens is 324 g/mol. The first kappa shape index (κ1) is 19.8. The summed E-state index contributed by atoms with van der Waals surface area (Å²) in [6.07, 6.45) is 0.163. The van der Waals surface area contributed by atoms with Gasteiger partial charge in [0, 0.05) is 32.9 Å². The van der Waals surface area contributed by atoms with Crippen molar-refractivity contribution in [2.45, 2.75) is 26.0 Å². The SMILES string of the molecule is CCNC(=NCc1ccc(N(C)C)cc1)NCCC(O)c1ccccc1. The van der Waals surface area contributed by atoms with Gasteiger partial charge in [-0.25, -0.2) is 4.99 Å². The topological polar surface area (TPSA) is 59.9 Å². The Hall–Kier alpha value is -2.53. The van der Waals surface area contributed by atoms with Crippen molar-refractivity contribution in [3.05, 3.63) is 65.7 Å². The molecule has 0 spiro atoms. The average Bonchev–Trinajstić information content (AvgIpc) is 2.67. The van der Waals surface area contributed by atoms with Gasteiger partial charge in [0.15, 0.2) is 5.96 Å². The van der Waals surface area contributed by atoms with Crippen molar-refractivity contribution in [2.75, 3.05) is 32.1 Å². The Labute approximate surface area is 156 Å². The molecule has 3 N–H and O–H groups in total. The number of hydrogen-bond donors (Lipinski definition) is 3. The summed E-state index contributed by atoms with van der Waals surface area (Å²) in [6.45, 7) is 4.11. The molecule has 0 aliphatic heterocycles. The molecule has 0 aliphatic rings. The highest BCUT2D eigenvalue weighted by Gasteiger charge is 2.07. The summed E-state index contributed by atoms with van der Waals surface area (Å²) in [5.74, 6) is 0.768. The molecule has 5 heteroatoms. The second-order valence-electron chi connectivity index (χ2n) is 6.40. The lowest BCUT2D eigenvalue weighted by atomic mass is 10.1. The average molecular weight is 354 g/mol. The third-order valence-electron chi connectivity index (χ3n) is 4.11. The molecule has 0 heterocycles. The second kappa shape index (κ2) is 10.5. The minimum Gasteiger partial charge on any atom is -0.388 e. The van der Waals surface area contributed by atoms with Gasteiger partial charge >= 0.3 is 0 Å². The summed E-state index contributed by atoms with van der Waals surface area (Å²) in [5.41, 5.74) is 3.28. The standard InChI is InChI=1S/C21H30N4O/c1-4-22-21(23-15-14-20(26)18-8-6-5-7-9-18)24-16-17-10-12-19(13-11-17)25(2)3/h5-13,20,26H,4,14-16H2,1-3H3,(H2,22,23,24). The van der Waals surface area contributed by atoms with Crippen LogP contribution in [0.3, 0.4) is 0 Å². The Morgan fingerprint density at radius 3 is 2.35 bits per heavy atom. The van der Waals surface area contributed by atoms with E-state index in [1.807, 2.05) is 51.4 Å². The van der Waals surface area contributed by atoms with Crippen molar-refractivity contribution in [1.29, 1.82) is 0 Å². The van der Waals surface area contributed by atoms with Gasteiger partial charge in [-0.1, -0.05) is 42.5 Å². The number of aliphatic hydroxyl groups is 1. The summed E-state index contributed by atoms with van der Waals surface area (Å²) >= 11 is 0. The zero-order chi connectivity index (χ0) is 18.8. The van der Waals surface area contributed by atoms with E-state index in [4.69, 9.17) is 0 Å². The Morgan fingerprint density at radius 1 is 1.04 bits per heavy atom. The summed E-state index contributed by atoms with van der Waals surface area (Å²) in [5, 5.41) is 16.8. The van der Waals surface area contributed by atoms with Crippen LogP contribution < -0.4 is 15.5 Å². The Morgan fingerprint density at radius 2 is 1.73 bits per heavy atom. The molecule has 0 radical (unpaired) electrons. The van der Waals surface area contributed by atoms with Crippen molar-refractivity contribution >= 4 is 11.6 Å². The van der Waals surface area contributed by atoms with Gasteiger partial charge < -0.3 is 20.6 Å². The van der Waals surface area contributed by atoms with E-state index in [1.165, 1.54) is 5.69 Å². The molecule has 0 saturated heterocycles. The van der Waals surface area contributed by atoms with Gasteiger partial charge in [0.2, 0.25) is 0 Å². The van der Waals surface area contributed by atoms with E-state index < -0.39 is 6.10 Å². The number of aliphatic hydroxyl groups excluding tert-OH is 1. The monoisotopic (exact) mass is 354 g/mol. The smallest absolute Gasteiger partial charge is 0.191 e. The highest BCUT2D eigenvalue weighted by atomic mass is 16.3. The van der Waals surface area contributed by atoms with Crippen LogP contribution in [0.15, 0.2) is 59.6 Å². The fourth-order valence-electron chi connectivity index (χ4n) is 2.58. The van der Waals surface area contributed by atoms with Gasteiger partial charge in [0.1, 0.15) is 0 Å². The van der Waals surface area contributed by atoms with Crippen molar-refractivity contribution in [1.82, 2.24) is 10.6 Å². The molecular formula is C21H30N4O. The Kier molecular flexibility index (Phi) is 7.96. The lowest BCUT2D eigenvalue weighted by molar-refractivity contribution is 0.168. The molecule has 2 aromatic carbocycles. The summed E-state index contributed by atoms with van der Waals surface area (Å²) in [4.78, 5) is 6.71. The molecule has 0 saturated carbocycles. The number of guanidine groups is 1. The summed E-state index contributed by atoms with van der Waals surface area (Å²) < 4.78 is 0. The van der Waals surface area contributed by atoms with E-state index in [9.17, 15) is 5.11 Å². The lowest BCUT2D eigenvalue weighted by Crippen LogP contribution is -2.38. The van der Waals surface area contributed by atoms with Crippen molar-refractivity contribution in [2.24, 2.45) is 4.99 Å². The van der Waals surface area contributed by atoms with E-state index >= 15 is 0 Å². The van der Waals surface area contributed by atoms with Crippen molar-refractivity contribution < 1.29 is 5.11 Å². The molecule has 0 amide bonds. The van der Waals surface area contributed by atoms with Gasteiger partial charge in [-0.15, -0.1) is 0 Å². The van der Waals surface area contributed by atoms with Gasteiger partial charge in [-0.3, -0.25) is 0 Å². The van der Waals surface area contributed by atoms with E-state index in [2.05, 4.69) is 44.8 Å².